The lowest BCUT2D eigenvalue weighted by Gasteiger charge is -2.35. The predicted octanol–water partition coefficient (Wildman–Crippen LogP) is 4.45. The first-order chi connectivity index (χ1) is 14.5. The van der Waals surface area contributed by atoms with Crippen LogP contribution in [0, 0.1) is 0 Å². The van der Waals surface area contributed by atoms with Gasteiger partial charge in [-0.3, -0.25) is 4.79 Å². The van der Waals surface area contributed by atoms with Crippen molar-refractivity contribution >= 4 is 45.8 Å². The number of halogens is 2. The van der Waals surface area contributed by atoms with E-state index in [1.807, 2.05) is 18.2 Å². The minimum Gasteiger partial charge on any atom is -0.496 e. The van der Waals surface area contributed by atoms with Gasteiger partial charge in [0.15, 0.2) is 0 Å². The first-order valence-corrected chi connectivity index (χ1v) is 10.2. The summed E-state index contributed by atoms with van der Waals surface area (Å²) in [5.74, 6) is 1.40. The SMILES string of the molecule is C=CC(=O)N1CCN(c2ncnc3cc(Cl)c(-c4ccc(Cl)cc4OC)cc23)CC1. The molecule has 0 unspecified atom stereocenters. The summed E-state index contributed by atoms with van der Waals surface area (Å²) in [6, 6.07) is 9.27. The van der Waals surface area contributed by atoms with Crippen molar-refractivity contribution in [1.82, 2.24) is 14.9 Å². The van der Waals surface area contributed by atoms with E-state index in [2.05, 4.69) is 21.4 Å². The Morgan fingerprint density at radius 3 is 2.57 bits per heavy atom. The number of amides is 1. The van der Waals surface area contributed by atoms with E-state index >= 15 is 0 Å². The molecular formula is C22H20Cl2N4O2. The number of aromatic nitrogens is 2. The smallest absolute Gasteiger partial charge is 0.246 e. The standard InChI is InChI=1S/C22H20Cl2N4O2/c1-3-21(29)27-6-8-28(9-7-27)22-17-11-16(18(24)12-19(17)25-13-26-22)15-5-4-14(23)10-20(15)30-2/h3-5,10-13H,1,6-9H2,2H3. The van der Waals surface area contributed by atoms with E-state index < -0.39 is 0 Å². The van der Waals surface area contributed by atoms with Crippen LogP contribution in [0.15, 0.2) is 49.3 Å². The van der Waals surface area contributed by atoms with E-state index in [4.69, 9.17) is 27.9 Å². The summed E-state index contributed by atoms with van der Waals surface area (Å²) in [6.07, 6.45) is 2.89. The van der Waals surface area contributed by atoms with Gasteiger partial charge in [0.25, 0.3) is 0 Å². The van der Waals surface area contributed by atoms with Gasteiger partial charge in [0.2, 0.25) is 5.91 Å². The highest BCUT2D eigenvalue weighted by Gasteiger charge is 2.23. The van der Waals surface area contributed by atoms with Gasteiger partial charge in [0.1, 0.15) is 17.9 Å². The fraction of sp³-hybridized carbons (Fsp3) is 0.227. The number of carbonyl (C=O) groups excluding carboxylic acids is 1. The summed E-state index contributed by atoms with van der Waals surface area (Å²) in [4.78, 5) is 24.8. The van der Waals surface area contributed by atoms with E-state index in [1.165, 1.54) is 12.4 Å². The first kappa shape index (κ1) is 20.4. The molecule has 1 amide bonds. The Hall–Kier alpha value is -2.83. The molecule has 8 heteroatoms. The third kappa shape index (κ3) is 3.80. The van der Waals surface area contributed by atoms with Crippen LogP contribution in [-0.2, 0) is 4.79 Å². The minimum atomic E-state index is -0.0499. The number of rotatable bonds is 4. The number of hydrogen-bond acceptors (Lipinski definition) is 5. The van der Waals surface area contributed by atoms with Crippen molar-refractivity contribution in [3.8, 4) is 16.9 Å². The number of benzene rings is 2. The van der Waals surface area contributed by atoms with Crippen LogP contribution in [-0.4, -0.2) is 54.1 Å². The quantitative estimate of drug-likeness (QED) is 0.558. The van der Waals surface area contributed by atoms with Gasteiger partial charge in [0.05, 0.1) is 17.6 Å². The van der Waals surface area contributed by atoms with Gasteiger partial charge in [-0.15, -0.1) is 0 Å². The third-order valence-electron chi connectivity index (χ3n) is 5.22. The molecule has 30 heavy (non-hydrogen) atoms. The van der Waals surface area contributed by atoms with Gasteiger partial charge in [-0.2, -0.15) is 0 Å². The third-order valence-corrected chi connectivity index (χ3v) is 5.77. The molecule has 0 saturated carbocycles. The van der Waals surface area contributed by atoms with E-state index in [0.717, 1.165) is 27.8 Å². The van der Waals surface area contributed by atoms with E-state index in [-0.39, 0.29) is 5.91 Å². The highest BCUT2D eigenvalue weighted by atomic mass is 35.5. The van der Waals surface area contributed by atoms with Crippen molar-refractivity contribution in [3.63, 3.8) is 0 Å². The molecule has 0 aliphatic carbocycles. The summed E-state index contributed by atoms with van der Waals surface area (Å²) in [5, 5.41) is 2.04. The van der Waals surface area contributed by atoms with Crippen LogP contribution in [0.25, 0.3) is 22.0 Å². The molecular weight excluding hydrogens is 423 g/mol. The van der Waals surface area contributed by atoms with Crippen LogP contribution < -0.4 is 9.64 Å². The van der Waals surface area contributed by atoms with Crippen LogP contribution in [0.5, 0.6) is 5.75 Å². The van der Waals surface area contributed by atoms with Crippen molar-refractivity contribution in [2.75, 3.05) is 38.2 Å². The Morgan fingerprint density at radius 2 is 1.87 bits per heavy atom. The van der Waals surface area contributed by atoms with Crippen LogP contribution >= 0.6 is 23.2 Å². The molecule has 154 valence electrons. The molecule has 1 aliphatic heterocycles. The topological polar surface area (TPSA) is 58.6 Å². The average Bonchev–Trinajstić information content (AvgIpc) is 2.77. The molecule has 0 N–H and O–H groups in total. The molecule has 2 aromatic carbocycles. The number of fused-ring (bicyclic) bond motifs is 1. The summed E-state index contributed by atoms with van der Waals surface area (Å²) >= 11 is 12.7. The van der Waals surface area contributed by atoms with Gasteiger partial charge < -0.3 is 14.5 Å². The zero-order valence-corrected chi connectivity index (χ0v) is 18.0. The van der Waals surface area contributed by atoms with Crippen LogP contribution in [0.2, 0.25) is 10.0 Å². The van der Waals surface area contributed by atoms with Gasteiger partial charge in [-0.25, -0.2) is 9.97 Å². The average molecular weight is 443 g/mol. The van der Waals surface area contributed by atoms with Crippen molar-refractivity contribution in [2.24, 2.45) is 0 Å². The zero-order valence-electron chi connectivity index (χ0n) is 16.4. The number of carbonyl (C=O) groups is 1. The highest BCUT2D eigenvalue weighted by Crippen LogP contribution is 2.39. The molecule has 0 radical (unpaired) electrons. The Morgan fingerprint density at radius 1 is 1.10 bits per heavy atom. The second-order valence-electron chi connectivity index (χ2n) is 6.91. The second kappa shape index (κ2) is 8.50. The van der Waals surface area contributed by atoms with Gasteiger partial charge in [-0.05, 0) is 36.4 Å². The first-order valence-electron chi connectivity index (χ1n) is 9.46. The maximum atomic E-state index is 11.9. The largest absolute Gasteiger partial charge is 0.496 e. The lowest BCUT2D eigenvalue weighted by atomic mass is 10.0. The molecule has 2 heterocycles. The number of nitrogens with zero attached hydrogens (tertiary/aromatic N) is 4. The number of ether oxygens (including phenoxy) is 1. The van der Waals surface area contributed by atoms with Crippen molar-refractivity contribution in [1.29, 1.82) is 0 Å². The van der Waals surface area contributed by atoms with E-state index in [9.17, 15) is 4.79 Å². The molecule has 1 saturated heterocycles. The van der Waals surface area contributed by atoms with Gasteiger partial charge in [-0.1, -0.05) is 29.8 Å². The lowest BCUT2D eigenvalue weighted by Crippen LogP contribution is -2.48. The second-order valence-corrected chi connectivity index (χ2v) is 7.75. The molecule has 3 aromatic rings. The molecule has 1 aromatic heterocycles. The van der Waals surface area contributed by atoms with Crippen LogP contribution in [0.3, 0.4) is 0 Å². The van der Waals surface area contributed by atoms with E-state index in [1.54, 1.807) is 24.1 Å². The zero-order chi connectivity index (χ0) is 21.3. The van der Waals surface area contributed by atoms with Gasteiger partial charge in [0, 0.05) is 47.7 Å². The molecule has 1 fully saturated rings. The Kier molecular flexibility index (Phi) is 5.79. The van der Waals surface area contributed by atoms with Crippen molar-refractivity contribution in [3.05, 3.63) is 59.4 Å². The fourth-order valence-corrected chi connectivity index (χ4v) is 4.10. The summed E-state index contributed by atoms with van der Waals surface area (Å²) in [6.45, 7) is 6.14. The van der Waals surface area contributed by atoms with Crippen molar-refractivity contribution in [2.45, 2.75) is 0 Å². The monoisotopic (exact) mass is 442 g/mol. The lowest BCUT2D eigenvalue weighted by molar-refractivity contribution is -0.126. The Labute approximate surface area is 184 Å². The fourth-order valence-electron chi connectivity index (χ4n) is 3.68. The van der Waals surface area contributed by atoms with Crippen LogP contribution in [0.4, 0.5) is 5.82 Å². The van der Waals surface area contributed by atoms with Crippen molar-refractivity contribution < 1.29 is 9.53 Å². The number of piperazine rings is 1. The minimum absolute atomic E-state index is 0.0499. The van der Waals surface area contributed by atoms with E-state index in [0.29, 0.717) is 42.0 Å². The predicted molar refractivity (Wildman–Crippen MR) is 121 cm³/mol. The summed E-state index contributed by atoms with van der Waals surface area (Å²) in [7, 11) is 1.60. The molecule has 1 aliphatic rings. The molecule has 0 spiro atoms. The Balaban J connectivity index is 1.76. The molecule has 0 atom stereocenters. The molecule has 4 rings (SSSR count). The number of anilines is 1. The summed E-state index contributed by atoms with van der Waals surface area (Å²) in [5.41, 5.74) is 2.41. The maximum absolute atomic E-state index is 11.9. The molecule has 0 bridgehead atoms. The summed E-state index contributed by atoms with van der Waals surface area (Å²) < 4.78 is 5.51. The maximum Gasteiger partial charge on any atom is 0.246 e. The Bertz CT molecular complexity index is 1130. The number of hydrogen-bond donors (Lipinski definition) is 0. The van der Waals surface area contributed by atoms with Crippen LogP contribution in [0.1, 0.15) is 0 Å². The molecule has 6 nitrogen and oxygen atoms in total. The highest BCUT2D eigenvalue weighted by molar-refractivity contribution is 6.34. The normalized spacial score (nSPS) is 14.1. The number of methoxy groups -OCH3 is 1. The van der Waals surface area contributed by atoms with Gasteiger partial charge >= 0.3 is 0 Å².